The average Bonchev–Trinajstić information content (AvgIpc) is 2.62. The van der Waals surface area contributed by atoms with Crippen molar-refractivity contribution in [3.05, 3.63) is 52.1 Å². The zero-order chi connectivity index (χ0) is 18.1. The largest absolute Gasteiger partial charge is 0.507 e. The summed E-state index contributed by atoms with van der Waals surface area (Å²) in [5.74, 6) is 0.786. The number of rotatable bonds is 1. The number of benzene rings is 1. The van der Waals surface area contributed by atoms with Gasteiger partial charge < -0.3 is 10.2 Å². The van der Waals surface area contributed by atoms with E-state index in [0.29, 0.717) is 18.1 Å². The van der Waals surface area contributed by atoms with Crippen molar-refractivity contribution >= 4 is 0 Å². The van der Waals surface area contributed by atoms with Gasteiger partial charge in [-0.15, -0.1) is 0 Å². The molecular weight excluding hydrogens is 296 g/mol. The van der Waals surface area contributed by atoms with Gasteiger partial charge >= 0.3 is 0 Å². The lowest BCUT2D eigenvalue weighted by Gasteiger charge is -2.39. The van der Waals surface area contributed by atoms with E-state index < -0.39 is 5.60 Å². The normalized spacial score (nSPS) is 34.6. The molecule has 130 valence electrons. The minimum absolute atomic E-state index is 0.0524. The van der Waals surface area contributed by atoms with Crippen LogP contribution in [-0.4, -0.2) is 15.8 Å². The maximum absolute atomic E-state index is 10.6. The number of phenolic OH excluding ortho intramolecular Hbond substituents is 1. The summed E-state index contributed by atoms with van der Waals surface area (Å²) in [6.07, 6.45) is 4.75. The van der Waals surface area contributed by atoms with Crippen LogP contribution in [0.4, 0.5) is 0 Å². The fourth-order valence-corrected chi connectivity index (χ4v) is 4.84. The molecule has 2 aliphatic carbocycles. The van der Waals surface area contributed by atoms with Crippen molar-refractivity contribution in [3.8, 4) is 5.75 Å². The number of hydrogen-bond acceptors (Lipinski definition) is 2. The molecule has 0 aromatic heterocycles. The van der Waals surface area contributed by atoms with Crippen LogP contribution in [0.15, 0.2) is 35.4 Å². The Morgan fingerprint density at radius 2 is 1.58 bits per heavy atom. The number of aliphatic hydroxyl groups is 1. The number of allylic oxidation sites excluding steroid dienone is 2. The SMILES string of the molecule is Cc1cc(C2(C)C3=C(C=CC(C)(O)C3)C(C)(C)C2C)cc(C)c1O. The minimum atomic E-state index is -0.790. The molecule has 0 saturated heterocycles. The fourth-order valence-electron chi connectivity index (χ4n) is 4.84. The Hall–Kier alpha value is -1.54. The first-order chi connectivity index (χ1) is 10.9. The van der Waals surface area contributed by atoms with E-state index >= 15 is 0 Å². The summed E-state index contributed by atoms with van der Waals surface area (Å²) in [4.78, 5) is 0. The van der Waals surface area contributed by atoms with Crippen LogP contribution >= 0.6 is 0 Å². The summed E-state index contributed by atoms with van der Waals surface area (Å²) >= 11 is 0. The first-order valence-corrected chi connectivity index (χ1v) is 8.87. The predicted octanol–water partition coefficient (Wildman–Crippen LogP) is 4.95. The number of hydrogen-bond donors (Lipinski definition) is 2. The van der Waals surface area contributed by atoms with Crippen LogP contribution in [0, 0.1) is 25.2 Å². The topological polar surface area (TPSA) is 40.5 Å². The summed E-state index contributed by atoms with van der Waals surface area (Å²) < 4.78 is 0. The zero-order valence-corrected chi connectivity index (χ0v) is 16.0. The van der Waals surface area contributed by atoms with Crippen molar-refractivity contribution in [2.24, 2.45) is 11.3 Å². The second-order valence-corrected chi connectivity index (χ2v) is 8.86. The number of aryl methyl sites for hydroxylation is 2. The van der Waals surface area contributed by atoms with Crippen LogP contribution < -0.4 is 0 Å². The summed E-state index contributed by atoms with van der Waals surface area (Å²) in [6.45, 7) is 15.1. The molecule has 2 N–H and O–H groups in total. The van der Waals surface area contributed by atoms with E-state index in [1.165, 1.54) is 16.7 Å². The highest BCUT2D eigenvalue weighted by atomic mass is 16.3. The van der Waals surface area contributed by atoms with Crippen LogP contribution in [0.5, 0.6) is 5.75 Å². The molecule has 1 aromatic carbocycles. The Morgan fingerprint density at radius 3 is 2.12 bits per heavy atom. The second kappa shape index (κ2) is 4.98. The maximum atomic E-state index is 10.6. The summed E-state index contributed by atoms with van der Waals surface area (Å²) in [5.41, 5.74) is 4.91. The van der Waals surface area contributed by atoms with Crippen molar-refractivity contribution in [1.29, 1.82) is 0 Å². The minimum Gasteiger partial charge on any atom is -0.507 e. The molecule has 3 unspecified atom stereocenters. The Balaban J connectivity index is 2.26. The van der Waals surface area contributed by atoms with Gasteiger partial charge in [-0.1, -0.05) is 57.6 Å². The van der Waals surface area contributed by atoms with Crippen molar-refractivity contribution in [3.63, 3.8) is 0 Å². The van der Waals surface area contributed by atoms with Gasteiger partial charge in [-0.3, -0.25) is 0 Å². The molecule has 0 saturated carbocycles. The summed E-state index contributed by atoms with van der Waals surface area (Å²) in [6, 6.07) is 4.25. The van der Waals surface area contributed by atoms with Gasteiger partial charge in [0.2, 0.25) is 0 Å². The lowest BCUT2D eigenvalue weighted by molar-refractivity contribution is 0.106. The molecule has 2 heteroatoms. The third kappa shape index (κ3) is 2.19. The molecule has 3 atom stereocenters. The monoisotopic (exact) mass is 326 g/mol. The first-order valence-electron chi connectivity index (χ1n) is 8.87. The molecule has 0 spiro atoms. The van der Waals surface area contributed by atoms with E-state index in [9.17, 15) is 10.2 Å². The molecule has 0 heterocycles. The molecule has 2 nitrogen and oxygen atoms in total. The van der Waals surface area contributed by atoms with Gasteiger partial charge in [0.1, 0.15) is 5.75 Å². The lowest BCUT2D eigenvalue weighted by atomic mass is 9.64. The van der Waals surface area contributed by atoms with Gasteiger partial charge in [-0.05, 0) is 54.4 Å². The average molecular weight is 326 g/mol. The van der Waals surface area contributed by atoms with Gasteiger partial charge in [0.15, 0.2) is 0 Å². The van der Waals surface area contributed by atoms with E-state index in [1.807, 2.05) is 26.8 Å². The molecule has 3 rings (SSSR count). The smallest absolute Gasteiger partial charge is 0.121 e. The Labute approximate surface area is 145 Å². The van der Waals surface area contributed by atoms with Crippen LogP contribution in [0.2, 0.25) is 0 Å². The molecule has 2 aliphatic rings. The van der Waals surface area contributed by atoms with Gasteiger partial charge in [0, 0.05) is 11.8 Å². The Bertz CT molecular complexity index is 741. The summed E-state index contributed by atoms with van der Waals surface area (Å²) in [5, 5.41) is 20.8. The quantitative estimate of drug-likeness (QED) is 0.766. The molecule has 0 amide bonds. The third-order valence-electron chi connectivity index (χ3n) is 6.83. The van der Waals surface area contributed by atoms with Crippen molar-refractivity contribution in [2.45, 2.75) is 65.9 Å². The molecular formula is C22H30O2. The van der Waals surface area contributed by atoms with Crippen LogP contribution in [-0.2, 0) is 5.41 Å². The van der Waals surface area contributed by atoms with E-state index in [4.69, 9.17) is 0 Å². The highest BCUT2D eigenvalue weighted by molar-refractivity contribution is 5.56. The zero-order valence-electron chi connectivity index (χ0n) is 16.0. The highest BCUT2D eigenvalue weighted by Crippen LogP contribution is 2.61. The second-order valence-electron chi connectivity index (χ2n) is 8.86. The molecule has 0 radical (unpaired) electrons. The van der Waals surface area contributed by atoms with E-state index in [1.54, 1.807) is 0 Å². The number of phenols is 1. The van der Waals surface area contributed by atoms with E-state index in [0.717, 1.165) is 11.1 Å². The Kier molecular flexibility index (Phi) is 3.59. The third-order valence-corrected chi connectivity index (χ3v) is 6.83. The van der Waals surface area contributed by atoms with E-state index in [2.05, 4.69) is 45.9 Å². The lowest BCUT2D eigenvalue weighted by Crippen LogP contribution is -2.36. The van der Waals surface area contributed by atoms with Crippen molar-refractivity contribution in [2.75, 3.05) is 0 Å². The molecule has 0 aliphatic heterocycles. The van der Waals surface area contributed by atoms with Gasteiger partial charge in [0.25, 0.3) is 0 Å². The first kappa shape index (κ1) is 17.3. The van der Waals surface area contributed by atoms with Crippen molar-refractivity contribution < 1.29 is 10.2 Å². The van der Waals surface area contributed by atoms with Gasteiger partial charge in [-0.2, -0.15) is 0 Å². The Morgan fingerprint density at radius 1 is 1.04 bits per heavy atom. The van der Waals surface area contributed by atoms with Crippen LogP contribution in [0.3, 0.4) is 0 Å². The standard InChI is InChI=1S/C22H30O2/c1-13-10-16(11-14(2)19(13)23)22(7)15(3)20(4,5)17-8-9-21(6,24)12-18(17)22/h8-11,15,23-24H,12H2,1-7H3. The van der Waals surface area contributed by atoms with Crippen molar-refractivity contribution in [1.82, 2.24) is 0 Å². The fraction of sp³-hybridized carbons (Fsp3) is 0.545. The molecule has 1 aromatic rings. The van der Waals surface area contributed by atoms with Crippen LogP contribution in [0.25, 0.3) is 0 Å². The van der Waals surface area contributed by atoms with Gasteiger partial charge in [-0.25, -0.2) is 0 Å². The maximum Gasteiger partial charge on any atom is 0.121 e. The highest BCUT2D eigenvalue weighted by Gasteiger charge is 2.54. The van der Waals surface area contributed by atoms with Gasteiger partial charge in [0.05, 0.1) is 5.60 Å². The van der Waals surface area contributed by atoms with Crippen LogP contribution in [0.1, 0.15) is 57.7 Å². The summed E-state index contributed by atoms with van der Waals surface area (Å²) in [7, 11) is 0. The predicted molar refractivity (Wildman–Crippen MR) is 99.3 cm³/mol. The number of aromatic hydroxyl groups is 1. The molecule has 24 heavy (non-hydrogen) atoms. The molecule has 0 fully saturated rings. The molecule has 0 bridgehead atoms. The van der Waals surface area contributed by atoms with E-state index in [-0.39, 0.29) is 10.8 Å².